The van der Waals surface area contributed by atoms with Gasteiger partial charge in [0.2, 0.25) is 0 Å². The molecule has 4 aliphatic rings. The van der Waals surface area contributed by atoms with E-state index in [1.54, 1.807) is 0 Å². The number of anilines is 6. The number of hydrogen-bond acceptors (Lipinski definition) is 2. The van der Waals surface area contributed by atoms with Gasteiger partial charge < -0.3 is 9.80 Å². The summed E-state index contributed by atoms with van der Waals surface area (Å²) in [6.07, 6.45) is 0. The SMILES string of the molecule is CC1(c2ccccc2)c2ccccc2-c2c(N(c3ccc(-c4ccccc4)cc3)c3cc(-c4cccc5c4-c4ccccc4C54c5ccccc5-c5ccccc54)cc(N(c4ccc(-c5ccccc5)cc4)c4cccc5c4-c4ccccc4C5(C)c4ccccc4)c3)cccc21. The maximum atomic E-state index is 2.57. The summed E-state index contributed by atoms with van der Waals surface area (Å²) < 4.78 is 0. The first-order valence-corrected chi connectivity index (χ1v) is 34.0. The molecule has 2 nitrogen and oxygen atoms in total. The van der Waals surface area contributed by atoms with Crippen molar-refractivity contribution in [2.24, 2.45) is 0 Å². The smallest absolute Gasteiger partial charge is 0.0725 e. The normalized spacial score (nSPS) is 15.9. The fourth-order valence-electron chi connectivity index (χ4n) is 17.7. The fourth-order valence-corrected chi connectivity index (χ4v) is 17.7. The Labute approximate surface area is 568 Å². The number of rotatable bonds is 11. The lowest BCUT2D eigenvalue weighted by Crippen LogP contribution is -2.25. The minimum Gasteiger partial charge on any atom is -0.310 e. The number of fused-ring (bicyclic) bond motifs is 16. The van der Waals surface area contributed by atoms with E-state index in [1.807, 2.05) is 0 Å². The van der Waals surface area contributed by atoms with E-state index in [9.17, 15) is 0 Å². The van der Waals surface area contributed by atoms with Crippen LogP contribution in [0.3, 0.4) is 0 Å². The lowest BCUT2D eigenvalue weighted by Gasteiger charge is -2.33. The third kappa shape index (κ3) is 8.27. The molecule has 0 saturated carbocycles. The highest BCUT2D eigenvalue weighted by molar-refractivity contribution is 6.04. The molecule has 456 valence electrons. The van der Waals surface area contributed by atoms with Gasteiger partial charge >= 0.3 is 0 Å². The van der Waals surface area contributed by atoms with Crippen LogP contribution in [0.1, 0.15) is 69.5 Å². The summed E-state index contributed by atoms with van der Waals surface area (Å²) in [4.78, 5) is 5.15. The molecule has 0 amide bonds. The summed E-state index contributed by atoms with van der Waals surface area (Å²) in [6.45, 7) is 4.85. The standard InChI is InChI=1S/C95H66N2/c1-93(68-32-11-5-12-33-68)80-42-20-17-38-77(80)91-85(93)47-26-50-88(91)96(70-56-52-65(53-57-70)63-28-7-3-8-29-63)72-60-67(74-41-25-49-87-90(74)79-40-19-24-46-84(79)95(87)82-44-22-15-36-75(82)76-37-16-23-45-83(76)95)61-73(62-72)97(71-58-54-66(55-59-71)64-30-9-4-10-31-64)89-51-27-48-86-92(89)78-39-18-21-43-81(78)94(86,2)69-34-13-6-14-35-69/h3-62H,1-2H3. The number of nitrogens with zero attached hydrogens (tertiary/aromatic N) is 2. The van der Waals surface area contributed by atoms with Crippen molar-refractivity contribution >= 4 is 34.1 Å². The number of hydrogen-bond donors (Lipinski definition) is 0. The van der Waals surface area contributed by atoms with Crippen molar-refractivity contribution in [3.8, 4) is 77.9 Å². The monoisotopic (exact) mass is 1230 g/mol. The minimum absolute atomic E-state index is 0.439. The van der Waals surface area contributed by atoms with Crippen molar-refractivity contribution in [3.05, 3.63) is 420 Å². The summed E-state index contributed by atoms with van der Waals surface area (Å²) in [7, 11) is 0. The summed E-state index contributed by atoms with van der Waals surface area (Å²) in [5.41, 5.74) is 34.9. The Kier molecular flexibility index (Phi) is 12.8. The molecule has 0 bridgehead atoms. The van der Waals surface area contributed by atoms with Gasteiger partial charge in [-0.05, 0) is 191 Å². The molecule has 19 rings (SSSR count). The second-order valence-corrected chi connectivity index (χ2v) is 26.8. The molecule has 97 heavy (non-hydrogen) atoms. The van der Waals surface area contributed by atoms with Gasteiger partial charge in [0.25, 0.3) is 0 Å². The lowest BCUT2D eigenvalue weighted by atomic mass is 9.70. The fraction of sp³-hybridized carbons (Fsp3) is 0.0526. The molecule has 1 spiro atoms. The van der Waals surface area contributed by atoms with E-state index in [-0.39, 0.29) is 0 Å². The van der Waals surface area contributed by atoms with Crippen molar-refractivity contribution in [2.45, 2.75) is 30.1 Å². The quantitative estimate of drug-likeness (QED) is 0.127. The van der Waals surface area contributed by atoms with E-state index in [0.29, 0.717) is 0 Å². The van der Waals surface area contributed by atoms with Crippen LogP contribution >= 0.6 is 0 Å². The Morgan fingerprint density at radius 1 is 0.196 bits per heavy atom. The van der Waals surface area contributed by atoms with Crippen molar-refractivity contribution in [3.63, 3.8) is 0 Å². The van der Waals surface area contributed by atoms with Crippen LogP contribution in [0.2, 0.25) is 0 Å². The molecule has 0 saturated heterocycles. The van der Waals surface area contributed by atoms with Crippen molar-refractivity contribution in [1.82, 2.24) is 0 Å². The topological polar surface area (TPSA) is 6.48 Å². The van der Waals surface area contributed by atoms with Gasteiger partial charge in [-0.2, -0.15) is 0 Å². The second kappa shape index (κ2) is 22.0. The van der Waals surface area contributed by atoms with E-state index in [0.717, 1.165) is 50.8 Å². The van der Waals surface area contributed by atoms with E-state index in [1.165, 1.54) is 117 Å². The Bertz CT molecular complexity index is 5300. The van der Waals surface area contributed by atoms with E-state index in [2.05, 4.69) is 388 Å². The summed E-state index contributed by atoms with van der Waals surface area (Å²) in [5, 5.41) is 0. The predicted octanol–water partition coefficient (Wildman–Crippen LogP) is 24.6. The van der Waals surface area contributed by atoms with Crippen LogP contribution < -0.4 is 9.80 Å². The molecule has 2 unspecified atom stereocenters. The van der Waals surface area contributed by atoms with Gasteiger partial charge in [-0.3, -0.25) is 0 Å². The molecule has 15 aromatic carbocycles. The maximum Gasteiger partial charge on any atom is 0.0725 e. The van der Waals surface area contributed by atoms with Crippen molar-refractivity contribution in [2.75, 3.05) is 9.80 Å². The average molecular weight is 1240 g/mol. The Morgan fingerprint density at radius 2 is 0.505 bits per heavy atom. The molecule has 2 heteroatoms. The lowest BCUT2D eigenvalue weighted by molar-refractivity contribution is 0.714. The van der Waals surface area contributed by atoms with Crippen LogP contribution in [-0.2, 0) is 16.2 Å². The second-order valence-electron chi connectivity index (χ2n) is 26.8. The van der Waals surface area contributed by atoms with Crippen LogP contribution in [-0.4, -0.2) is 0 Å². The highest BCUT2D eigenvalue weighted by Gasteiger charge is 2.52. The van der Waals surface area contributed by atoms with Gasteiger partial charge in [0.05, 0.1) is 16.8 Å². The Hall–Kier alpha value is -12.1. The van der Waals surface area contributed by atoms with Crippen molar-refractivity contribution in [1.29, 1.82) is 0 Å². The van der Waals surface area contributed by atoms with Gasteiger partial charge in [0.1, 0.15) is 0 Å². The first-order chi connectivity index (χ1) is 47.9. The van der Waals surface area contributed by atoms with E-state index < -0.39 is 16.2 Å². The molecule has 0 radical (unpaired) electrons. The van der Waals surface area contributed by atoms with Crippen LogP contribution in [0.25, 0.3) is 77.9 Å². The summed E-state index contributed by atoms with van der Waals surface area (Å²) >= 11 is 0. The van der Waals surface area contributed by atoms with E-state index >= 15 is 0 Å². The molecule has 0 fully saturated rings. The molecular weight excluding hydrogens is 1170 g/mol. The van der Waals surface area contributed by atoms with Gasteiger partial charge in [-0.1, -0.05) is 309 Å². The zero-order valence-electron chi connectivity index (χ0n) is 54.0. The average Bonchev–Trinajstić information content (AvgIpc) is 1.53. The number of benzene rings is 15. The summed E-state index contributed by atoms with van der Waals surface area (Å²) in [5.74, 6) is 0. The highest BCUT2D eigenvalue weighted by atomic mass is 15.2. The molecule has 4 aliphatic carbocycles. The zero-order valence-corrected chi connectivity index (χ0v) is 54.0. The Balaban J connectivity index is 0.929. The third-order valence-corrected chi connectivity index (χ3v) is 22.0. The van der Waals surface area contributed by atoms with Gasteiger partial charge in [-0.15, -0.1) is 0 Å². The van der Waals surface area contributed by atoms with Crippen LogP contribution in [0.4, 0.5) is 34.1 Å². The van der Waals surface area contributed by atoms with Crippen LogP contribution in [0, 0.1) is 0 Å². The maximum absolute atomic E-state index is 2.57. The molecule has 0 aromatic heterocycles. The van der Waals surface area contributed by atoms with Gasteiger partial charge in [-0.25, -0.2) is 0 Å². The van der Waals surface area contributed by atoms with Crippen LogP contribution in [0.15, 0.2) is 364 Å². The zero-order chi connectivity index (χ0) is 64.4. The summed E-state index contributed by atoms with van der Waals surface area (Å²) in [6, 6.07) is 137. The molecule has 2 atom stereocenters. The van der Waals surface area contributed by atoms with Crippen LogP contribution in [0.5, 0.6) is 0 Å². The van der Waals surface area contributed by atoms with Gasteiger partial charge in [0, 0.05) is 44.7 Å². The first-order valence-electron chi connectivity index (χ1n) is 34.0. The molecule has 0 aliphatic heterocycles. The highest BCUT2D eigenvalue weighted by Crippen LogP contribution is 2.65. The molecule has 0 N–H and O–H groups in total. The third-order valence-electron chi connectivity index (χ3n) is 22.0. The van der Waals surface area contributed by atoms with Crippen molar-refractivity contribution < 1.29 is 0 Å². The Morgan fingerprint density at radius 3 is 0.938 bits per heavy atom. The minimum atomic E-state index is -0.540. The molecule has 0 heterocycles. The van der Waals surface area contributed by atoms with Gasteiger partial charge in [0.15, 0.2) is 0 Å². The predicted molar refractivity (Wildman–Crippen MR) is 403 cm³/mol. The molecular formula is C95H66N2. The largest absolute Gasteiger partial charge is 0.310 e. The van der Waals surface area contributed by atoms with E-state index in [4.69, 9.17) is 0 Å². The first kappa shape index (κ1) is 56.4. The molecule has 15 aromatic rings.